The number of amides is 4. The lowest BCUT2D eigenvalue weighted by Crippen LogP contribution is -2.55. The summed E-state index contributed by atoms with van der Waals surface area (Å²) in [4.78, 5) is 51.3. The lowest BCUT2D eigenvalue weighted by atomic mass is 10.0. The number of hydrogen-bond acceptors (Lipinski definition) is 5. The fourth-order valence-electron chi connectivity index (χ4n) is 3.69. The van der Waals surface area contributed by atoms with Gasteiger partial charge in [-0.1, -0.05) is 27.7 Å². The molecule has 1 aliphatic rings. The van der Waals surface area contributed by atoms with E-state index in [4.69, 9.17) is 5.73 Å². The average molecular weight is 454 g/mol. The molecule has 32 heavy (non-hydrogen) atoms. The van der Waals surface area contributed by atoms with E-state index in [1.165, 1.54) is 6.92 Å². The Bertz CT molecular complexity index is 638. The van der Waals surface area contributed by atoms with Gasteiger partial charge in [-0.3, -0.25) is 19.2 Å². The Morgan fingerprint density at radius 2 is 1.69 bits per heavy atom. The predicted octanol–water partition coefficient (Wildman–Crippen LogP) is 1.06. The molecule has 184 valence electrons. The smallest absolute Gasteiger partial charge is 0.245 e. The van der Waals surface area contributed by atoms with E-state index in [1.807, 2.05) is 0 Å². The summed E-state index contributed by atoms with van der Waals surface area (Å²) in [6.07, 6.45) is 4.54. The molecule has 1 rings (SSSR count). The number of likely N-dealkylation sites (tertiary alicyclic amines) is 1. The van der Waals surface area contributed by atoms with Crippen LogP contribution in [0.15, 0.2) is 0 Å². The highest BCUT2D eigenvalue weighted by molar-refractivity contribution is 5.94. The maximum atomic E-state index is 13.3. The zero-order chi connectivity index (χ0) is 24.3. The van der Waals surface area contributed by atoms with Gasteiger partial charge in [0.2, 0.25) is 23.6 Å². The molecule has 5 N–H and O–H groups in total. The number of primary amides is 1. The summed E-state index contributed by atoms with van der Waals surface area (Å²) in [5.74, 6) is -0.979. The van der Waals surface area contributed by atoms with Crippen molar-refractivity contribution in [1.29, 1.82) is 0 Å². The average Bonchev–Trinajstić information content (AvgIpc) is 3.20. The first-order valence-electron chi connectivity index (χ1n) is 12.0. The van der Waals surface area contributed by atoms with Crippen molar-refractivity contribution in [3.63, 3.8) is 0 Å². The molecule has 3 atom stereocenters. The second-order valence-corrected chi connectivity index (χ2v) is 9.48. The second-order valence-electron chi connectivity index (χ2n) is 9.48. The van der Waals surface area contributed by atoms with E-state index in [2.05, 4.69) is 43.6 Å². The third kappa shape index (κ3) is 9.97. The minimum Gasteiger partial charge on any atom is -0.368 e. The number of nitrogens with zero attached hydrogens (tertiary/aromatic N) is 1. The van der Waals surface area contributed by atoms with Crippen LogP contribution in [-0.2, 0) is 19.2 Å². The van der Waals surface area contributed by atoms with Crippen LogP contribution >= 0.6 is 0 Å². The van der Waals surface area contributed by atoms with Gasteiger partial charge in [-0.15, -0.1) is 0 Å². The van der Waals surface area contributed by atoms with Gasteiger partial charge in [-0.05, 0) is 57.9 Å². The molecule has 0 radical (unpaired) electrons. The van der Waals surface area contributed by atoms with Crippen LogP contribution in [0.1, 0.15) is 79.6 Å². The van der Waals surface area contributed by atoms with Crippen LogP contribution in [0.3, 0.4) is 0 Å². The molecule has 0 aromatic rings. The van der Waals surface area contributed by atoms with Gasteiger partial charge in [0.25, 0.3) is 0 Å². The minimum atomic E-state index is -0.806. The molecule has 0 saturated carbocycles. The molecular weight excluding hydrogens is 410 g/mol. The van der Waals surface area contributed by atoms with E-state index in [0.29, 0.717) is 44.2 Å². The zero-order valence-electron chi connectivity index (χ0n) is 20.4. The van der Waals surface area contributed by atoms with Gasteiger partial charge in [0.1, 0.15) is 18.1 Å². The topological polar surface area (TPSA) is 134 Å². The molecule has 0 aromatic carbocycles. The molecule has 4 amide bonds. The third-order valence-electron chi connectivity index (χ3n) is 5.68. The van der Waals surface area contributed by atoms with E-state index >= 15 is 0 Å². The number of nitrogens with one attached hydrogen (secondary N) is 3. The van der Waals surface area contributed by atoms with E-state index in [9.17, 15) is 19.2 Å². The molecule has 1 aliphatic heterocycles. The fourth-order valence-corrected chi connectivity index (χ4v) is 3.69. The first-order chi connectivity index (χ1) is 15.0. The Morgan fingerprint density at radius 3 is 2.28 bits per heavy atom. The Morgan fingerprint density at radius 1 is 1.00 bits per heavy atom. The molecule has 0 bridgehead atoms. The highest BCUT2D eigenvalue weighted by atomic mass is 16.2. The highest BCUT2D eigenvalue weighted by Gasteiger charge is 2.38. The predicted molar refractivity (Wildman–Crippen MR) is 125 cm³/mol. The van der Waals surface area contributed by atoms with Gasteiger partial charge in [0.05, 0.1) is 0 Å². The molecule has 1 saturated heterocycles. The Balaban J connectivity index is 2.80. The van der Waals surface area contributed by atoms with Gasteiger partial charge in [-0.25, -0.2) is 0 Å². The first-order valence-corrected chi connectivity index (χ1v) is 12.0. The molecule has 0 aliphatic carbocycles. The van der Waals surface area contributed by atoms with E-state index in [-0.39, 0.29) is 17.7 Å². The quantitative estimate of drug-likeness (QED) is 0.292. The number of carbonyl (C=O) groups is 4. The van der Waals surface area contributed by atoms with Crippen LogP contribution < -0.4 is 21.7 Å². The molecule has 1 heterocycles. The van der Waals surface area contributed by atoms with Gasteiger partial charge in [0.15, 0.2) is 0 Å². The SMILES string of the molecule is CC(C)CCC(=O)N[C@@H](CCCCNC(C)C)C(=O)N1CCC[C@H]1C(=O)N[C@H](C)C(N)=O. The van der Waals surface area contributed by atoms with Crippen molar-refractivity contribution in [2.75, 3.05) is 13.1 Å². The van der Waals surface area contributed by atoms with Gasteiger partial charge in [0, 0.05) is 19.0 Å². The molecule has 0 aromatic heterocycles. The summed E-state index contributed by atoms with van der Waals surface area (Å²) in [7, 11) is 0. The van der Waals surface area contributed by atoms with Crippen molar-refractivity contribution in [2.45, 2.75) is 104 Å². The zero-order valence-corrected chi connectivity index (χ0v) is 20.4. The lowest BCUT2D eigenvalue weighted by Gasteiger charge is -2.29. The number of hydrogen-bond donors (Lipinski definition) is 4. The first kappa shape index (κ1) is 27.9. The summed E-state index contributed by atoms with van der Waals surface area (Å²) in [5, 5.41) is 8.85. The normalized spacial score (nSPS) is 18.0. The number of carbonyl (C=O) groups excluding carboxylic acids is 4. The maximum absolute atomic E-state index is 13.3. The molecule has 9 nitrogen and oxygen atoms in total. The van der Waals surface area contributed by atoms with Gasteiger partial charge >= 0.3 is 0 Å². The van der Waals surface area contributed by atoms with E-state index < -0.39 is 24.0 Å². The third-order valence-corrected chi connectivity index (χ3v) is 5.68. The molecule has 0 spiro atoms. The minimum absolute atomic E-state index is 0.139. The molecular formula is C23H43N5O4. The Labute approximate surface area is 192 Å². The molecule has 0 unspecified atom stereocenters. The van der Waals surface area contributed by atoms with Crippen molar-refractivity contribution in [3.05, 3.63) is 0 Å². The largest absolute Gasteiger partial charge is 0.368 e. The summed E-state index contributed by atoms with van der Waals surface area (Å²) in [6, 6.07) is -1.72. The standard InChI is InChI=1S/C23H43N5O4/c1-15(2)11-12-20(29)27-18(9-6-7-13-25-16(3)4)23(32)28-14-8-10-19(28)22(31)26-17(5)21(24)30/h15-19,25H,6-14H2,1-5H3,(H2,24,30)(H,26,31)(H,27,29)/t17-,18+,19+/m1/s1. The van der Waals surface area contributed by atoms with Crippen LogP contribution in [0.4, 0.5) is 0 Å². The van der Waals surface area contributed by atoms with Crippen molar-refractivity contribution in [1.82, 2.24) is 20.9 Å². The maximum Gasteiger partial charge on any atom is 0.245 e. The van der Waals surface area contributed by atoms with Gasteiger partial charge in [-0.2, -0.15) is 0 Å². The second kappa shape index (κ2) is 14.1. The van der Waals surface area contributed by atoms with Crippen LogP contribution in [0, 0.1) is 5.92 Å². The fraction of sp³-hybridized carbons (Fsp3) is 0.826. The summed E-state index contributed by atoms with van der Waals surface area (Å²) < 4.78 is 0. The van der Waals surface area contributed by atoms with E-state index in [1.54, 1.807) is 4.90 Å². The van der Waals surface area contributed by atoms with Crippen LogP contribution in [0.5, 0.6) is 0 Å². The number of rotatable bonds is 14. The van der Waals surface area contributed by atoms with Crippen LogP contribution in [-0.4, -0.2) is 65.8 Å². The summed E-state index contributed by atoms with van der Waals surface area (Å²) in [5.41, 5.74) is 5.24. The summed E-state index contributed by atoms with van der Waals surface area (Å²) >= 11 is 0. The highest BCUT2D eigenvalue weighted by Crippen LogP contribution is 2.20. The van der Waals surface area contributed by atoms with Crippen molar-refractivity contribution < 1.29 is 19.2 Å². The van der Waals surface area contributed by atoms with E-state index in [0.717, 1.165) is 25.8 Å². The lowest BCUT2D eigenvalue weighted by molar-refractivity contribution is -0.142. The Hall–Kier alpha value is -2.16. The molecule has 1 fully saturated rings. The number of nitrogens with two attached hydrogens (primary N) is 1. The Kier molecular flexibility index (Phi) is 12.3. The van der Waals surface area contributed by atoms with Crippen molar-refractivity contribution in [3.8, 4) is 0 Å². The van der Waals surface area contributed by atoms with Crippen LogP contribution in [0.2, 0.25) is 0 Å². The van der Waals surface area contributed by atoms with Gasteiger partial charge < -0.3 is 26.6 Å². The van der Waals surface area contributed by atoms with Crippen LogP contribution in [0.25, 0.3) is 0 Å². The van der Waals surface area contributed by atoms with Crippen molar-refractivity contribution >= 4 is 23.6 Å². The number of unbranched alkanes of at least 4 members (excludes halogenated alkanes) is 1. The molecule has 9 heteroatoms. The van der Waals surface area contributed by atoms with Crippen molar-refractivity contribution in [2.24, 2.45) is 11.7 Å². The summed E-state index contributed by atoms with van der Waals surface area (Å²) in [6.45, 7) is 11.1. The monoisotopic (exact) mass is 453 g/mol.